The molecule has 0 aliphatic heterocycles. The highest BCUT2D eigenvalue weighted by Gasteiger charge is 2.44. The molecule has 0 saturated carbocycles. The molecule has 0 amide bonds. The van der Waals surface area contributed by atoms with E-state index in [0.717, 1.165) is 6.42 Å². The predicted octanol–water partition coefficient (Wildman–Crippen LogP) is 6.33. The van der Waals surface area contributed by atoms with Crippen molar-refractivity contribution < 1.29 is 9.47 Å². The average molecular weight is 450 g/mol. The Bertz CT molecular complexity index is 767. The summed E-state index contributed by atoms with van der Waals surface area (Å²) >= 11 is 0. The number of rotatable bonds is 14. The van der Waals surface area contributed by atoms with Crippen LogP contribution in [0.2, 0.25) is 0 Å². The fraction of sp³-hybridized carbons (Fsp3) is 0.379. The van der Waals surface area contributed by atoms with Gasteiger partial charge in [0.2, 0.25) is 0 Å². The van der Waals surface area contributed by atoms with Crippen LogP contribution in [0.1, 0.15) is 44.9 Å². The maximum absolute atomic E-state index is 5.29. The van der Waals surface area contributed by atoms with Crippen LogP contribution in [0.15, 0.2) is 91.0 Å². The van der Waals surface area contributed by atoms with Crippen molar-refractivity contribution in [3.05, 3.63) is 91.0 Å². The van der Waals surface area contributed by atoms with Gasteiger partial charge in [-0.15, -0.1) is 0 Å². The monoisotopic (exact) mass is 449 g/mol. The lowest BCUT2D eigenvalue weighted by Gasteiger charge is -2.27. The zero-order chi connectivity index (χ0) is 22.5. The van der Waals surface area contributed by atoms with Gasteiger partial charge in [-0.1, -0.05) is 73.9 Å². The molecule has 0 aliphatic rings. The van der Waals surface area contributed by atoms with E-state index >= 15 is 0 Å². The second-order valence-corrected chi connectivity index (χ2v) is 12.0. The molecule has 3 aromatic rings. The van der Waals surface area contributed by atoms with Gasteiger partial charge >= 0.3 is 0 Å². The number of hydrogen-bond acceptors (Lipinski definition) is 2. The quantitative estimate of drug-likeness (QED) is 0.163. The average Bonchev–Trinajstić information content (AvgIpc) is 2.87. The summed E-state index contributed by atoms with van der Waals surface area (Å²) in [7, 11) is 1.77. The molecular weight excluding hydrogens is 411 g/mol. The number of ether oxygens (including phenoxy) is 2. The molecule has 2 nitrogen and oxygen atoms in total. The van der Waals surface area contributed by atoms with E-state index in [9.17, 15) is 0 Å². The summed E-state index contributed by atoms with van der Waals surface area (Å²) in [6.45, 7) is 0. The summed E-state index contributed by atoms with van der Waals surface area (Å²) < 4.78 is 10.6. The van der Waals surface area contributed by atoms with Gasteiger partial charge < -0.3 is 9.47 Å². The van der Waals surface area contributed by atoms with E-state index in [1.807, 2.05) is 0 Å². The molecule has 3 aromatic carbocycles. The molecule has 3 rings (SSSR count). The van der Waals surface area contributed by atoms with Gasteiger partial charge in [0.1, 0.15) is 23.2 Å². The van der Waals surface area contributed by atoms with Crippen molar-refractivity contribution in [1.29, 1.82) is 0 Å². The van der Waals surface area contributed by atoms with Gasteiger partial charge in [-0.2, -0.15) is 0 Å². The van der Waals surface area contributed by atoms with Crippen LogP contribution in [0.5, 0.6) is 0 Å². The topological polar surface area (TPSA) is 18.5 Å². The Morgan fingerprint density at radius 2 is 0.906 bits per heavy atom. The first-order chi connectivity index (χ1) is 15.8. The lowest BCUT2D eigenvalue weighted by atomic mass is 10.1. The van der Waals surface area contributed by atoms with Gasteiger partial charge in [-0.25, -0.2) is 0 Å². The lowest BCUT2D eigenvalue weighted by Crippen LogP contribution is -2.33. The molecule has 0 unspecified atom stereocenters. The third kappa shape index (κ3) is 6.51. The Morgan fingerprint density at radius 1 is 0.531 bits per heavy atom. The van der Waals surface area contributed by atoms with Crippen LogP contribution in [0.4, 0.5) is 0 Å². The number of benzene rings is 3. The first kappa shape index (κ1) is 24.6. The third-order valence-electron chi connectivity index (χ3n) is 6.30. The lowest BCUT2D eigenvalue weighted by molar-refractivity contribution is -0.107. The molecule has 0 spiro atoms. The minimum absolute atomic E-state index is 0.0527. The SMILES string of the molecule is COC(CCCCCCCC[P+](c1ccccc1)(c1ccccc1)c1ccccc1)OC. The normalized spacial score (nSPS) is 11.7. The predicted molar refractivity (Wildman–Crippen MR) is 140 cm³/mol. The van der Waals surface area contributed by atoms with E-state index in [2.05, 4.69) is 91.0 Å². The van der Waals surface area contributed by atoms with Gasteiger partial charge in [-0.05, 0) is 62.1 Å². The van der Waals surface area contributed by atoms with Crippen LogP contribution in [-0.2, 0) is 9.47 Å². The number of hydrogen-bond donors (Lipinski definition) is 0. The Balaban J connectivity index is 1.69. The summed E-state index contributed by atoms with van der Waals surface area (Å²) in [6.07, 6.45) is 9.69. The molecule has 0 aromatic heterocycles. The number of unbranched alkanes of at least 4 members (excludes halogenated alkanes) is 5. The summed E-state index contributed by atoms with van der Waals surface area (Å²) in [5.41, 5.74) is 0. The molecule has 0 fully saturated rings. The van der Waals surface area contributed by atoms with E-state index in [1.54, 1.807) is 14.2 Å². The van der Waals surface area contributed by atoms with Crippen molar-refractivity contribution in [1.82, 2.24) is 0 Å². The van der Waals surface area contributed by atoms with Crippen molar-refractivity contribution >= 4 is 23.2 Å². The second kappa shape index (κ2) is 13.5. The Morgan fingerprint density at radius 3 is 1.31 bits per heavy atom. The largest absolute Gasteiger partial charge is 0.356 e. The molecular formula is C29H38O2P+. The van der Waals surface area contributed by atoms with Crippen LogP contribution in [0, 0.1) is 0 Å². The van der Waals surface area contributed by atoms with Crippen LogP contribution in [0.25, 0.3) is 0 Å². The fourth-order valence-electron chi connectivity index (χ4n) is 4.58. The molecule has 170 valence electrons. The van der Waals surface area contributed by atoms with Gasteiger partial charge in [0.15, 0.2) is 6.29 Å². The zero-order valence-corrected chi connectivity index (χ0v) is 20.6. The Kier molecular flexibility index (Phi) is 10.4. The molecule has 3 heteroatoms. The molecule has 0 radical (unpaired) electrons. The standard InChI is InChI=1S/C29H38O2P/c1-30-29(31-2)24-16-5-3-4-6-17-25-32(26-18-10-7-11-19-26,27-20-12-8-13-21-27)28-22-14-9-15-23-28/h7-15,18-23,29H,3-6,16-17,24-25H2,1-2H3/q+1. The van der Waals surface area contributed by atoms with Gasteiger partial charge in [-0.3, -0.25) is 0 Å². The van der Waals surface area contributed by atoms with Gasteiger partial charge in [0.05, 0.1) is 6.16 Å². The van der Waals surface area contributed by atoms with Crippen molar-refractivity contribution in [2.45, 2.75) is 51.2 Å². The smallest absolute Gasteiger partial charge is 0.156 e. The summed E-state index contributed by atoms with van der Waals surface area (Å²) in [4.78, 5) is 0. The van der Waals surface area contributed by atoms with Crippen molar-refractivity contribution in [3.63, 3.8) is 0 Å². The molecule has 0 N–H and O–H groups in total. The second-order valence-electron chi connectivity index (χ2n) is 8.35. The summed E-state index contributed by atoms with van der Waals surface area (Å²) in [6, 6.07) is 33.6. The van der Waals surface area contributed by atoms with E-state index in [0.29, 0.717) is 0 Å². The highest BCUT2D eigenvalue weighted by Crippen LogP contribution is 2.55. The van der Waals surface area contributed by atoms with E-state index < -0.39 is 7.26 Å². The Labute approximate surface area is 195 Å². The zero-order valence-electron chi connectivity index (χ0n) is 19.7. The van der Waals surface area contributed by atoms with Crippen molar-refractivity contribution in [3.8, 4) is 0 Å². The maximum Gasteiger partial charge on any atom is 0.156 e. The minimum atomic E-state index is -1.67. The van der Waals surface area contributed by atoms with Crippen LogP contribution in [0.3, 0.4) is 0 Å². The maximum atomic E-state index is 5.29. The third-order valence-corrected chi connectivity index (χ3v) is 10.8. The van der Waals surface area contributed by atoms with Crippen LogP contribution < -0.4 is 15.9 Å². The van der Waals surface area contributed by atoms with Crippen molar-refractivity contribution in [2.75, 3.05) is 20.4 Å². The summed E-state index contributed by atoms with van der Waals surface area (Å²) in [5.74, 6) is 0. The van der Waals surface area contributed by atoms with E-state index in [4.69, 9.17) is 9.47 Å². The van der Waals surface area contributed by atoms with Gasteiger partial charge in [0.25, 0.3) is 0 Å². The highest BCUT2D eigenvalue weighted by atomic mass is 31.2. The number of methoxy groups -OCH3 is 2. The van der Waals surface area contributed by atoms with Gasteiger partial charge in [0, 0.05) is 14.2 Å². The summed E-state index contributed by atoms with van der Waals surface area (Å²) in [5, 5.41) is 4.47. The molecule has 0 bridgehead atoms. The molecule has 0 aliphatic carbocycles. The minimum Gasteiger partial charge on any atom is -0.356 e. The van der Waals surface area contributed by atoms with Crippen molar-refractivity contribution in [2.24, 2.45) is 0 Å². The highest BCUT2D eigenvalue weighted by molar-refractivity contribution is 7.95. The molecule has 0 heterocycles. The fourth-order valence-corrected chi connectivity index (χ4v) is 8.99. The van der Waals surface area contributed by atoms with Crippen LogP contribution >= 0.6 is 7.26 Å². The molecule has 0 saturated heterocycles. The molecule has 0 atom stereocenters. The van der Waals surface area contributed by atoms with E-state index in [-0.39, 0.29) is 6.29 Å². The first-order valence-electron chi connectivity index (χ1n) is 11.9. The van der Waals surface area contributed by atoms with E-state index in [1.165, 1.54) is 60.6 Å². The first-order valence-corrected chi connectivity index (χ1v) is 13.9. The molecule has 32 heavy (non-hydrogen) atoms. The Hall–Kier alpha value is -1.99. The van der Waals surface area contributed by atoms with Crippen LogP contribution in [-0.4, -0.2) is 26.7 Å².